The Morgan fingerprint density at radius 3 is 2.56 bits per heavy atom. The summed E-state index contributed by atoms with van der Waals surface area (Å²) >= 11 is 0. The summed E-state index contributed by atoms with van der Waals surface area (Å²) < 4.78 is 5.09. The first-order valence-electron chi connectivity index (χ1n) is 7.42. The molecule has 0 saturated heterocycles. The summed E-state index contributed by atoms with van der Waals surface area (Å²) in [5, 5.41) is 25.6. The van der Waals surface area contributed by atoms with Crippen molar-refractivity contribution in [2.75, 3.05) is 17.7 Å². The lowest BCUT2D eigenvalue weighted by molar-refractivity contribution is -0.384. The number of benzene rings is 1. The quantitative estimate of drug-likeness (QED) is 0.491. The van der Waals surface area contributed by atoms with Gasteiger partial charge in [-0.2, -0.15) is 0 Å². The maximum Gasteiger partial charge on any atom is 0.325 e. The zero-order chi connectivity index (χ0) is 18.4. The second kappa shape index (κ2) is 7.95. The topological polar surface area (TPSA) is 127 Å². The van der Waals surface area contributed by atoms with Gasteiger partial charge in [-0.3, -0.25) is 14.9 Å². The van der Waals surface area contributed by atoms with Gasteiger partial charge in [0.15, 0.2) is 0 Å². The maximum absolute atomic E-state index is 11.1. The van der Waals surface area contributed by atoms with E-state index in [0.717, 1.165) is 11.3 Å². The Labute approximate surface area is 143 Å². The number of anilines is 2. The Morgan fingerprint density at radius 2 is 2.00 bits per heavy atom. The van der Waals surface area contributed by atoms with Crippen LogP contribution in [0.25, 0.3) is 0 Å². The first-order chi connectivity index (χ1) is 11.9. The molecule has 0 saturated carbocycles. The number of hydrogen-bond donors (Lipinski definition) is 3. The fourth-order valence-electron chi connectivity index (χ4n) is 2.01. The molecule has 0 aliphatic rings. The lowest BCUT2D eigenvalue weighted by Gasteiger charge is -2.12. The van der Waals surface area contributed by atoms with Gasteiger partial charge in [-0.25, -0.2) is 4.98 Å². The second-order valence-corrected chi connectivity index (χ2v) is 5.23. The molecule has 0 aliphatic carbocycles. The van der Waals surface area contributed by atoms with Gasteiger partial charge in [0.1, 0.15) is 17.6 Å². The van der Waals surface area contributed by atoms with Crippen molar-refractivity contribution >= 4 is 23.3 Å². The Morgan fingerprint density at radius 1 is 1.32 bits per heavy atom. The molecule has 1 aromatic heterocycles. The molecular formula is C16H18N4O5. The highest BCUT2D eigenvalue weighted by atomic mass is 16.6. The van der Waals surface area contributed by atoms with Crippen LogP contribution in [0.4, 0.5) is 17.3 Å². The monoisotopic (exact) mass is 346 g/mol. The molecule has 2 rings (SSSR count). The third kappa shape index (κ3) is 4.80. The van der Waals surface area contributed by atoms with Crippen LogP contribution in [0.3, 0.4) is 0 Å². The standard InChI is InChI=1S/C16H18N4O5/c1-10(16(21)22)18-15-13(20(23)24)7-8-14(19-15)17-9-11-3-5-12(25-2)6-4-11/h3-8,10H,9H2,1-2H3,(H,21,22)(H2,17,18,19)/t10-/m0/s1. The highest BCUT2D eigenvalue weighted by Gasteiger charge is 2.20. The van der Waals surface area contributed by atoms with Crippen LogP contribution >= 0.6 is 0 Å². The van der Waals surface area contributed by atoms with Gasteiger partial charge in [0.05, 0.1) is 12.0 Å². The van der Waals surface area contributed by atoms with E-state index in [4.69, 9.17) is 9.84 Å². The molecule has 0 spiro atoms. The molecule has 0 amide bonds. The summed E-state index contributed by atoms with van der Waals surface area (Å²) in [4.78, 5) is 25.5. The first-order valence-corrected chi connectivity index (χ1v) is 7.42. The van der Waals surface area contributed by atoms with E-state index in [1.165, 1.54) is 19.1 Å². The van der Waals surface area contributed by atoms with E-state index < -0.39 is 16.9 Å². The zero-order valence-electron chi connectivity index (χ0n) is 13.7. The molecule has 0 bridgehead atoms. The third-order valence-corrected chi connectivity index (χ3v) is 3.43. The minimum Gasteiger partial charge on any atom is -0.497 e. The minimum atomic E-state index is -1.13. The van der Waals surface area contributed by atoms with Crippen molar-refractivity contribution in [3.05, 3.63) is 52.1 Å². The normalized spacial score (nSPS) is 11.4. The smallest absolute Gasteiger partial charge is 0.325 e. The van der Waals surface area contributed by atoms with Crippen molar-refractivity contribution < 1.29 is 19.6 Å². The zero-order valence-corrected chi connectivity index (χ0v) is 13.7. The average Bonchev–Trinajstić information content (AvgIpc) is 2.60. The van der Waals surface area contributed by atoms with Gasteiger partial charge in [-0.15, -0.1) is 0 Å². The van der Waals surface area contributed by atoms with Crippen LogP contribution in [0.5, 0.6) is 5.75 Å². The van der Waals surface area contributed by atoms with Gasteiger partial charge in [0, 0.05) is 12.6 Å². The third-order valence-electron chi connectivity index (χ3n) is 3.43. The van der Waals surface area contributed by atoms with Crippen LogP contribution in [-0.2, 0) is 11.3 Å². The predicted octanol–water partition coefficient (Wildman–Crippen LogP) is 2.50. The second-order valence-electron chi connectivity index (χ2n) is 5.23. The van der Waals surface area contributed by atoms with Crippen molar-refractivity contribution in [3.63, 3.8) is 0 Å². The highest BCUT2D eigenvalue weighted by molar-refractivity contribution is 5.77. The molecule has 0 unspecified atom stereocenters. The fourth-order valence-corrected chi connectivity index (χ4v) is 2.01. The molecule has 1 heterocycles. The largest absolute Gasteiger partial charge is 0.497 e. The number of ether oxygens (including phenoxy) is 1. The van der Waals surface area contributed by atoms with E-state index in [1.54, 1.807) is 7.11 Å². The van der Waals surface area contributed by atoms with Gasteiger partial charge in [-0.05, 0) is 30.7 Å². The van der Waals surface area contributed by atoms with Gasteiger partial charge < -0.3 is 20.5 Å². The van der Waals surface area contributed by atoms with Gasteiger partial charge >= 0.3 is 11.7 Å². The first kappa shape index (κ1) is 18.0. The lowest BCUT2D eigenvalue weighted by Crippen LogP contribution is -2.26. The van der Waals surface area contributed by atoms with Gasteiger partial charge in [0.25, 0.3) is 0 Å². The van der Waals surface area contributed by atoms with E-state index >= 15 is 0 Å². The predicted molar refractivity (Wildman–Crippen MR) is 91.9 cm³/mol. The number of hydrogen-bond acceptors (Lipinski definition) is 7. The average molecular weight is 346 g/mol. The molecule has 9 heteroatoms. The van der Waals surface area contributed by atoms with Crippen LogP contribution in [0.1, 0.15) is 12.5 Å². The fraction of sp³-hybridized carbons (Fsp3) is 0.250. The molecule has 0 aliphatic heterocycles. The summed E-state index contributed by atoms with van der Waals surface area (Å²) in [5.41, 5.74) is 0.678. The Bertz CT molecular complexity index is 764. The summed E-state index contributed by atoms with van der Waals surface area (Å²) in [7, 11) is 1.58. The Balaban J connectivity index is 2.14. The summed E-state index contributed by atoms with van der Waals surface area (Å²) in [5.74, 6) is -0.0970. The molecule has 1 aromatic carbocycles. The molecule has 3 N–H and O–H groups in total. The van der Waals surface area contributed by atoms with E-state index in [9.17, 15) is 14.9 Å². The number of carboxylic acids is 1. The Hall–Kier alpha value is -3.36. The number of methoxy groups -OCH3 is 1. The van der Waals surface area contributed by atoms with E-state index in [2.05, 4.69) is 15.6 Å². The molecule has 25 heavy (non-hydrogen) atoms. The molecular weight excluding hydrogens is 328 g/mol. The number of nitrogens with one attached hydrogen (secondary N) is 2. The van der Waals surface area contributed by atoms with Crippen molar-refractivity contribution in [2.24, 2.45) is 0 Å². The number of nitrogens with zero attached hydrogens (tertiary/aromatic N) is 2. The van der Waals surface area contributed by atoms with Crippen LogP contribution < -0.4 is 15.4 Å². The molecule has 0 radical (unpaired) electrons. The van der Waals surface area contributed by atoms with Crippen LogP contribution in [0.15, 0.2) is 36.4 Å². The number of aromatic nitrogens is 1. The van der Waals surface area contributed by atoms with Gasteiger partial charge in [-0.1, -0.05) is 12.1 Å². The van der Waals surface area contributed by atoms with E-state index in [1.807, 2.05) is 24.3 Å². The molecule has 132 valence electrons. The van der Waals surface area contributed by atoms with E-state index in [-0.39, 0.29) is 11.5 Å². The molecule has 9 nitrogen and oxygen atoms in total. The molecule has 2 aromatic rings. The summed E-state index contributed by atoms with van der Waals surface area (Å²) in [6, 6.07) is 9.14. The van der Waals surface area contributed by atoms with Crippen LogP contribution in [0, 0.1) is 10.1 Å². The minimum absolute atomic E-state index is 0.0976. The SMILES string of the molecule is COc1ccc(CNc2ccc([N+](=O)[O-])c(N[C@@H](C)C(=O)O)n2)cc1. The lowest BCUT2D eigenvalue weighted by atomic mass is 10.2. The number of pyridine rings is 1. The van der Waals surface area contributed by atoms with Gasteiger partial charge in [0.2, 0.25) is 5.82 Å². The van der Waals surface area contributed by atoms with Crippen molar-refractivity contribution in [1.82, 2.24) is 4.98 Å². The number of nitro groups is 1. The number of carbonyl (C=O) groups is 1. The summed E-state index contributed by atoms with van der Waals surface area (Å²) in [6.45, 7) is 1.83. The maximum atomic E-state index is 11.1. The number of rotatable bonds is 8. The number of carboxylic acid groups (broad SMARTS) is 1. The van der Waals surface area contributed by atoms with Crippen LogP contribution in [-0.4, -0.2) is 34.1 Å². The summed E-state index contributed by atoms with van der Waals surface area (Å²) in [6.07, 6.45) is 0. The van der Waals surface area contributed by atoms with Crippen molar-refractivity contribution in [2.45, 2.75) is 19.5 Å². The molecule has 1 atom stereocenters. The van der Waals surface area contributed by atoms with Crippen molar-refractivity contribution in [3.8, 4) is 5.75 Å². The van der Waals surface area contributed by atoms with Crippen LogP contribution in [0.2, 0.25) is 0 Å². The van der Waals surface area contributed by atoms with E-state index in [0.29, 0.717) is 12.4 Å². The number of aliphatic carboxylic acids is 1. The molecule has 0 fully saturated rings. The highest BCUT2D eigenvalue weighted by Crippen LogP contribution is 2.25. The van der Waals surface area contributed by atoms with Crippen molar-refractivity contribution in [1.29, 1.82) is 0 Å². The Kier molecular flexibility index (Phi) is 5.72.